The molecule has 4 heterocycles. The minimum atomic E-state index is -0.930. The van der Waals surface area contributed by atoms with E-state index in [1.165, 1.54) is 21.3 Å². The van der Waals surface area contributed by atoms with Gasteiger partial charge in [-0.3, -0.25) is 9.59 Å². The Morgan fingerprint density at radius 1 is 0.656 bits per heavy atom. The van der Waals surface area contributed by atoms with E-state index in [1.54, 1.807) is 36.4 Å². The molecule has 4 aromatic rings. The van der Waals surface area contributed by atoms with E-state index >= 15 is 0 Å². The fraction of sp³-hybridized carbons (Fsp3) is 0.511. The average molecular weight is 889 g/mol. The lowest BCUT2D eigenvalue weighted by Gasteiger charge is -2.30. The Morgan fingerprint density at radius 3 is 1.73 bits per heavy atom. The molecule has 346 valence electrons. The van der Waals surface area contributed by atoms with Crippen LogP contribution < -0.4 is 20.1 Å². The minimum absolute atomic E-state index is 0.0185. The third kappa shape index (κ3) is 10.9. The minimum Gasteiger partial charge on any atom is -0.487 e. The molecule has 0 bridgehead atoms. The molecule has 4 N–H and O–H groups in total. The lowest BCUT2D eigenvalue weighted by molar-refractivity contribution is -0.136. The van der Waals surface area contributed by atoms with Crippen molar-refractivity contribution in [1.82, 2.24) is 40.4 Å². The lowest BCUT2D eigenvalue weighted by atomic mass is 9.98. The quantitative estimate of drug-likeness (QED) is 0.0833. The molecule has 2 aromatic carbocycles. The molecule has 2 aliphatic rings. The number of H-pyrrole nitrogens is 2. The number of likely N-dealkylation sites (tertiary alicyclic amines) is 2. The summed E-state index contributed by atoms with van der Waals surface area (Å²) in [6.45, 7) is 5.93. The summed E-state index contributed by atoms with van der Waals surface area (Å²) in [6, 6.07) is 9.59. The van der Waals surface area contributed by atoms with Gasteiger partial charge in [-0.25, -0.2) is 19.6 Å². The van der Waals surface area contributed by atoms with Crippen LogP contribution in [0.25, 0.3) is 33.6 Å². The van der Waals surface area contributed by atoms with Crippen molar-refractivity contribution in [3.05, 3.63) is 60.4 Å². The second-order valence-corrected chi connectivity index (χ2v) is 15.8. The van der Waals surface area contributed by atoms with Gasteiger partial charge >= 0.3 is 12.2 Å². The van der Waals surface area contributed by atoms with E-state index in [0.717, 1.165) is 41.6 Å². The second-order valence-electron chi connectivity index (χ2n) is 15.8. The Kier molecular flexibility index (Phi) is 16.6. The monoisotopic (exact) mass is 888 g/mol. The van der Waals surface area contributed by atoms with Gasteiger partial charge in [0.25, 0.3) is 0 Å². The van der Waals surface area contributed by atoms with Crippen molar-refractivity contribution in [2.45, 2.75) is 63.7 Å². The number of rotatable bonds is 20. The molecule has 2 saturated heterocycles. The number of carbonyl (C=O) groups excluding carboxylic acids is 4. The number of imidazole rings is 2. The number of benzene rings is 2. The molecule has 0 unspecified atom stereocenters. The Bertz CT molecular complexity index is 2190. The normalized spacial score (nSPS) is 17.0. The van der Waals surface area contributed by atoms with E-state index in [4.69, 9.17) is 43.1 Å². The van der Waals surface area contributed by atoms with Gasteiger partial charge in [0.2, 0.25) is 11.8 Å². The Balaban J connectivity index is 1.28. The van der Waals surface area contributed by atoms with Gasteiger partial charge in [-0.1, -0.05) is 38.1 Å². The first-order chi connectivity index (χ1) is 31.0. The van der Waals surface area contributed by atoms with Crippen LogP contribution in [0, 0.1) is 5.92 Å². The topological polar surface area (TPSA) is 221 Å². The summed E-state index contributed by atoms with van der Waals surface area (Å²) in [5, 5.41) is 5.27. The predicted molar refractivity (Wildman–Crippen MR) is 235 cm³/mol. The highest BCUT2D eigenvalue weighted by Gasteiger charge is 2.39. The van der Waals surface area contributed by atoms with Crippen molar-refractivity contribution in [2.24, 2.45) is 5.92 Å². The smallest absolute Gasteiger partial charge is 0.407 e. The van der Waals surface area contributed by atoms with Gasteiger partial charge in [0.05, 0.1) is 69.9 Å². The molecule has 2 aliphatic heterocycles. The first-order valence-electron chi connectivity index (χ1n) is 21.4. The standard InChI is InChI=1S/C45H60N8O11/c1-27(2)37(51-45(57)62-7)43(55)53-19-9-11-36(53)40-46-24-32(48-40)29-14-12-28(13-15-29)30-16-17-31(39(64-23-21-59-4)38(30)63-22-20-58-3)33-25-47-41(49-33)35-10-8-18-52(35)42(54)34(26-60-5)50-44(56)61-6/h12-17,24-25,27,34-37H,8-11,18-23,26H2,1-7H3,(H,46,48)(H,47,49)(H,50,56)(H,51,57)/t34-,35-,36-,37-/m0/s1. The van der Waals surface area contributed by atoms with E-state index < -0.39 is 24.3 Å². The number of aromatic nitrogens is 4. The molecule has 0 radical (unpaired) electrons. The fourth-order valence-electron chi connectivity index (χ4n) is 8.12. The van der Waals surface area contributed by atoms with Crippen molar-refractivity contribution in [3.63, 3.8) is 0 Å². The molecule has 2 fully saturated rings. The first kappa shape index (κ1) is 47.3. The van der Waals surface area contributed by atoms with Gasteiger partial charge in [0, 0.05) is 45.5 Å². The molecule has 19 nitrogen and oxygen atoms in total. The van der Waals surface area contributed by atoms with E-state index in [2.05, 4.69) is 20.6 Å². The molecule has 0 aliphatic carbocycles. The molecular formula is C45H60N8O11. The third-order valence-corrected chi connectivity index (χ3v) is 11.4. The highest BCUT2D eigenvalue weighted by molar-refractivity contribution is 5.87. The Hall–Kier alpha value is -6.18. The molecule has 4 atom stereocenters. The van der Waals surface area contributed by atoms with E-state index in [-0.39, 0.29) is 49.6 Å². The summed E-state index contributed by atoms with van der Waals surface area (Å²) >= 11 is 0. The summed E-state index contributed by atoms with van der Waals surface area (Å²) in [7, 11) is 7.19. The number of hydrogen-bond donors (Lipinski definition) is 4. The fourth-order valence-corrected chi connectivity index (χ4v) is 8.12. The third-order valence-electron chi connectivity index (χ3n) is 11.4. The summed E-state index contributed by atoms with van der Waals surface area (Å²) < 4.78 is 38.4. The van der Waals surface area contributed by atoms with Crippen LogP contribution in [-0.4, -0.2) is 147 Å². The molecule has 2 aromatic heterocycles. The van der Waals surface area contributed by atoms with E-state index in [0.29, 0.717) is 67.1 Å². The van der Waals surface area contributed by atoms with Crippen molar-refractivity contribution in [1.29, 1.82) is 0 Å². The van der Waals surface area contributed by atoms with Gasteiger partial charge in [-0.15, -0.1) is 0 Å². The number of amides is 4. The van der Waals surface area contributed by atoms with Crippen LogP contribution in [0.5, 0.6) is 11.5 Å². The maximum Gasteiger partial charge on any atom is 0.407 e. The van der Waals surface area contributed by atoms with Gasteiger partial charge in [0.1, 0.15) is 36.9 Å². The van der Waals surface area contributed by atoms with Crippen LogP contribution in [0.1, 0.15) is 63.3 Å². The van der Waals surface area contributed by atoms with Crippen molar-refractivity contribution >= 4 is 24.0 Å². The average Bonchev–Trinajstić information content (AvgIpc) is 4.15. The number of alkyl carbamates (subject to hydrolysis) is 2. The van der Waals surface area contributed by atoms with Gasteiger partial charge in [-0.05, 0) is 54.9 Å². The largest absolute Gasteiger partial charge is 0.487 e. The van der Waals surface area contributed by atoms with Crippen LogP contribution in [0.15, 0.2) is 48.8 Å². The van der Waals surface area contributed by atoms with Crippen molar-refractivity contribution in [3.8, 4) is 45.1 Å². The number of ether oxygens (including phenoxy) is 7. The number of nitrogens with one attached hydrogen (secondary N) is 4. The lowest BCUT2D eigenvalue weighted by Crippen LogP contribution is -2.51. The zero-order valence-corrected chi connectivity index (χ0v) is 37.6. The zero-order chi connectivity index (χ0) is 45.8. The van der Waals surface area contributed by atoms with Gasteiger partial charge < -0.3 is 63.6 Å². The van der Waals surface area contributed by atoms with Crippen LogP contribution in [0.4, 0.5) is 9.59 Å². The van der Waals surface area contributed by atoms with Gasteiger partial charge in [-0.2, -0.15) is 0 Å². The molecule has 6 rings (SSSR count). The molecule has 0 saturated carbocycles. The Labute approximate surface area is 372 Å². The zero-order valence-electron chi connectivity index (χ0n) is 37.6. The molecule has 19 heteroatoms. The number of methoxy groups -OCH3 is 5. The summed E-state index contributed by atoms with van der Waals surface area (Å²) in [5.74, 6) is 1.62. The van der Waals surface area contributed by atoms with Crippen molar-refractivity contribution < 1.29 is 52.3 Å². The van der Waals surface area contributed by atoms with Crippen LogP contribution in [0.3, 0.4) is 0 Å². The van der Waals surface area contributed by atoms with E-state index in [1.807, 2.05) is 50.2 Å². The molecule has 4 amide bonds. The first-order valence-corrected chi connectivity index (χ1v) is 21.4. The predicted octanol–water partition coefficient (Wildman–Crippen LogP) is 5.26. The highest BCUT2D eigenvalue weighted by Crippen LogP contribution is 2.46. The molecular weight excluding hydrogens is 829 g/mol. The summed E-state index contributed by atoms with van der Waals surface area (Å²) in [5.41, 5.74) is 4.66. The highest BCUT2D eigenvalue weighted by atomic mass is 16.6. The molecule has 64 heavy (non-hydrogen) atoms. The SMILES string of the molecule is COCCOc1c(-c2ccc(-c3cnc([C@@H]4CCCN4C(=O)[C@@H](NC(=O)OC)C(C)C)[nH]3)cc2)ccc(-c2cnc([C@@H]3CCCN3C(=O)[C@H](COC)NC(=O)OC)[nH]2)c1OCCOC. The van der Waals surface area contributed by atoms with Gasteiger partial charge in [0.15, 0.2) is 11.5 Å². The number of aromatic amines is 2. The number of carbonyl (C=O) groups is 4. The molecule has 0 spiro atoms. The maximum atomic E-state index is 13.7. The second kappa shape index (κ2) is 22.4. The summed E-state index contributed by atoms with van der Waals surface area (Å²) in [4.78, 5) is 71.3. The number of hydrogen-bond acceptors (Lipinski definition) is 13. The Morgan fingerprint density at radius 2 is 1.17 bits per heavy atom. The number of nitrogens with zero attached hydrogens (tertiary/aromatic N) is 4. The van der Waals surface area contributed by atoms with Crippen molar-refractivity contribution in [2.75, 3.05) is 81.7 Å². The van der Waals surface area contributed by atoms with Crippen LogP contribution in [0.2, 0.25) is 0 Å². The summed E-state index contributed by atoms with van der Waals surface area (Å²) in [6.07, 6.45) is 5.07. The van der Waals surface area contributed by atoms with Crippen LogP contribution in [-0.2, 0) is 33.3 Å². The van der Waals surface area contributed by atoms with Crippen LogP contribution >= 0.6 is 0 Å². The maximum absolute atomic E-state index is 13.7. The van der Waals surface area contributed by atoms with E-state index in [9.17, 15) is 19.2 Å².